The van der Waals surface area contributed by atoms with Crippen LogP contribution in [-0.4, -0.2) is 11.8 Å². The number of carbonyl (C=O) groups excluding carboxylic acids is 2. The van der Waals surface area contributed by atoms with Gasteiger partial charge < -0.3 is 10.6 Å². The number of anilines is 2. The highest BCUT2D eigenvalue weighted by atomic mass is 35.5. The summed E-state index contributed by atoms with van der Waals surface area (Å²) >= 11 is 5.69. The first-order valence-electron chi connectivity index (χ1n) is 8.13. The van der Waals surface area contributed by atoms with Gasteiger partial charge in [0.2, 0.25) is 11.8 Å². The summed E-state index contributed by atoms with van der Waals surface area (Å²) < 4.78 is 13.1. The minimum absolute atomic E-state index is 0.0570. The number of amides is 2. The van der Waals surface area contributed by atoms with Crippen LogP contribution in [0.1, 0.15) is 18.9 Å². The lowest BCUT2D eigenvalue weighted by Gasteiger charge is -2.07. The van der Waals surface area contributed by atoms with Crippen molar-refractivity contribution in [2.45, 2.75) is 19.8 Å². The van der Waals surface area contributed by atoms with E-state index in [1.165, 1.54) is 23.8 Å². The number of hydrogen-bond acceptors (Lipinski definition) is 2. The van der Waals surface area contributed by atoms with Gasteiger partial charge in [-0.25, -0.2) is 4.39 Å². The topological polar surface area (TPSA) is 58.2 Å². The van der Waals surface area contributed by atoms with Gasteiger partial charge in [0.15, 0.2) is 0 Å². The van der Waals surface area contributed by atoms with Crippen molar-refractivity contribution in [2.75, 3.05) is 10.6 Å². The molecule has 1 aliphatic carbocycles. The zero-order chi connectivity index (χ0) is 18.0. The minimum atomic E-state index is -0.544. The summed E-state index contributed by atoms with van der Waals surface area (Å²) in [6.07, 6.45) is 1.44. The van der Waals surface area contributed by atoms with E-state index >= 15 is 0 Å². The lowest BCUT2D eigenvalue weighted by atomic mass is 10.1. The van der Waals surface area contributed by atoms with E-state index in [9.17, 15) is 14.0 Å². The van der Waals surface area contributed by atoms with Crippen LogP contribution >= 0.6 is 11.6 Å². The normalized spacial score (nSPS) is 18.5. The average Bonchev–Trinajstić information content (AvgIpc) is 3.40. The van der Waals surface area contributed by atoms with Crippen molar-refractivity contribution in [1.82, 2.24) is 0 Å². The first-order valence-corrected chi connectivity index (χ1v) is 8.51. The van der Waals surface area contributed by atoms with E-state index in [2.05, 4.69) is 17.6 Å². The number of carbonyl (C=O) groups is 2. The van der Waals surface area contributed by atoms with Crippen molar-refractivity contribution in [3.05, 3.63) is 58.9 Å². The Hall–Kier alpha value is -2.40. The molecular weight excluding hydrogens is 343 g/mol. The summed E-state index contributed by atoms with van der Waals surface area (Å²) in [5, 5.41) is 5.44. The molecule has 0 spiro atoms. The lowest BCUT2D eigenvalue weighted by molar-refractivity contribution is -0.122. The summed E-state index contributed by atoms with van der Waals surface area (Å²) in [4.78, 5) is 24.4. The van der Waals surface area contributed by atoms with Gasteiger partial charge in [0, 0.05) is 11.4 Å². The van der Waals surface area contributed by atoms with Gasteiger partial charge in [-0.05, 0) is 48.7 Å². The fourth-order valence-electron chi connectivity index (χ4n) is 2.64. The molecule has 2 amide bonds. The second-order valence-corrected chi connectivity index (χ2v) is 6.51. The summed E-state index contributed by atoms with van der Waals surface area (Å²) in [7, 11) is 0. The molecule has 2 N–H and O–H groups in total. The fraction of sp³-hybridized carbons (Fsp3) is 0.263. The highest BCUT2D eigenvalue weighted by Gasteiger charge is 2.48. The van der Waals surface area contributed by atoms with Crippen LogP contribution in [0.2, 0.25) is 5.02 Å². The Kier molecular flexibility index (Phi) is 5.04. The van der Waals surface area contributed by atoms with Gasteiger partial charge in [-0.3, -0.25) is 9.59 Å². The second-order valence-electron chi connectivity index (χ2n) is 6.11. The van der Waals surface area contributed by atoms with Crippen molar-refractivity contribution >= 4 is 34.8 Å². The molecule has 2 unspecified atom stereocenters. The molecule has 0 aliphatic heterocycles. The maximum absolute atomic E-state index is 13.1. The van der Waals surface area contributed by atoms with Crippen molar-refractivity contribution in [3.8, 4) is 0 Å². The molecule has 130 valence electrons. The summed E-state index contributed by atoms with van der Waals surface area (Å²) in [5.41, 5.74) is 2.33. The van der Waals surface area contributed by atoms with Gasteiger partial charge in [0.05, 0.1) is 16.9 Å². The van der Waals surface area contributed by atoms with Crippen molar-refractivity contribution in [1.29, 1.82) is 0 Å². The van der Waals surface area contributed by atoms with Crippen LogP contribution in [0, 0.1) is 17.7 Å². The third-order valence-electron chi connectivity index (χ3n) is 4.28. The van der Waals surface area contributed by atoms with E-state index < -0.39 is 5.82 Å². The SMILES string of the molecule is CCc1ccc(NC(=O)C2CC2C(=O)Nc2ccc(F)c(Cl)c2)cc1. The maximum atomic E-state index is 13.1. The average molecular weight is 361 g/mol. The monoisotopic (exact) mass is 360 g/mol. The van der Waals surface area contributed by atoms with Crippen LogP contribution in [0.15, 0.2) is 42.5 Å². The predicted molar refractivity (Wildman–Crippen MR) is 96.1 cm³/mol. The van der Waals surface area contributed by atoms with Gasteiger partial charge in [0.1, 0.15) is 5.82 Å². The largest absolute Gasteiger partial charge is 0.326 e. The molecule has 2 aromatic rings. The number of rotatable bonds is 5. The third-order valence-corrected chi connectivity index (χ3v) is 4.57. The van der Waals surface area contributed by atoms with Crippen LogP contribution in [0.5, 0.6) is 0 Å². The maximum Gasteiger partial charge on any atom is 0.228 e. The molecule has 0 heterocycles. The van der Waals surface area contributed by atoms with E-state index in [0.29, 0.717) is 12.1 Å². The standard InChI is InChI=1S/C19H18ClFN2O2/c1-2-11-3-5-12(6-4-11)22-18(24)14-10-15(14)19(25)23-13-7-8-17(21)16(20)9-13/h3-9,14-15H,2,10H2,1H3,(H,22,24)(H,23,25). The number of aryl methyl sites for hydroxylation is 1. The summed E-state index contributed by atoms with van der Waals surface area (Å²) in [6, 6.07) is 11.6. The fourth-order valence-corrected chi connectivity index (χ4v) is 2.82. The second kappa shape index (κ2) is 7.23. The number of hydrogen-bond donors (Lipinski definition) is 2. The quantitative estimate of drug-likeness (QED) is 0.837. The first kappa shape index (κ1) is 17.4. The molecule has 4 nitrogen and oxygen atoms in total. The molecule has 1 saturated carbocycles. The molecule has 1 fully saturated rings. The first-order chi connectivity index (χ1) is 12.0. The smallest absolute Gasteiger partial charge is 0.228 e. The molecule has 0 saturated heterocycles. The lowest BCUT2D eigenvalue weighted by Crippen LogP contribution is -2.20. The summed E-state index contributed by atoms with van der Waals surface area (Å²) in [5.74, 6) is -1.69. The highest BCUT2D eigenvalue weighted by molar-refractivity contribution is 6.31. The van der Waals surface area contributed by atoms with Gasteiger partial charge in [-0.2, -0.15) is 0 Å². The zero-order valence-corrected chi connectivity index (χ0v) is 14.4. The van der Waals surface area contributed by atoms with E-state index in [1.807, 2.05) is 24.3 Å². The Labute approximate surface area is 150 Å². The molecule has 0 radical (unpaired) electrons. The molecule has 6 heteroatoms. The molecule has 25 heavy (non-hydrogen) atoms. The van der Waals surface area contributed by atoms with Crippen LogP contribution in [0.4, 0.5) is 15.8 Å². The number of halogens is 2. The molecule has 2 aromatic carbocycles. The molecule has 0 aromatic heterocycles. The van der Waals surface area contributed by atoms with Crippen molar-refractivity contribution in [3.63, 3.8) is 0 Å². The number of nitrogens with one attached hydrogen (secondary N) is 2. The van der Waals surface area contributed by atoms with Crippen LogP contribution in [0.3, 0.4) is 0 Å². The van der Waals surface area contributed by atoms with Crippen molar-refractivity contribution < 1.29 is 14.0 Å². The molecule has 1 aliphatic rings. The molecule has 0 bridgehead atoms. The van der Waals surface area contributed by atoms with Gasteiger partial charge in [-0.1, -0.05) is 30.7 Å². The minimum Gasteiger partial charge on any atom is -0.326 e. The Bertz CT molecular complexity index is 808. The van der Waals surface area contributed by atoms with E-state index in [4.69, 9.17) is 11.6 Å². The van der Waals surface area contributed by atoms with Gasteiger partial charge in [0.25, 0.3) is 0 Å². The Morgan fingerprint density at radius 3 is 2.16 bits per heavy atom. The number of benzene rings is 2. The highest BCUT2D eigenvalue weighted by Crippen LogP contribution is 2.40. The van der Waals surface area contributed by atoms with Crippen molar-refractivity contribution in [2.24, 2.45) is 11.8 Å². The Morgan fingerprint density at radius 2 is 1.60 bits per heavy atom. The Morgan fingerprint density at radius 1 is 1.04 bits per heavy atom. The van der Waals surface area contributed by atoms with Gasteiger partial charge >= 0.3 is 0 Å². The summed E-state index contributed by atoms with van der Waals surface area (Å²) in [6.45, 7) is 2.06. The van der Waals surface area contributed by atoms with E-state index in [1.54, 1.807) is 0 Å². The van der Waals surface area contributed by atoms with E-state index in [0.717, 1.165) is 12.1 Å². The van der Waals surface area contributed by atoms with Gasteiger partial charge in [-0.15, -0.1) is 0 Å². The molecule has 2 atom stereocenters. The van der Waals surface area contributed by atoms with Crippen LogP contribution < -0.4 is 10.6 Å². The van der Waals surface area contributed by atoms with Crippen LogP contribution in [-0.2, 0) is 16.0 Å². The molecule has 3 rings (SSSR count). The third kappa shape index (κ3) is 4.17. The molecular formula is C19H18ClFN2O2. The predicted octanol–water partition coefficient (Wildman–Crippen LogP) is 4.25. The van der Waals surface area contributed by atoms with Crippen LogP contribution in [0.25, 0.3) is 0 Å². The van der Waals surface area contributed by atoms with E-state index in [-0.39, 0.29) is 28.7 Å². The Balaban J connectivity index is 1.54. The zero-order valence-electron chi connectivity index (χ0n) is 13.7.